The summed E-state index contributed by atoms with van der Waals surface area (Å²) in [6.45, 7) is 6.90. The van der Waals surface area contributed by atoms with Crippen molar-refractivity contribution >= 4 is 25.7 Å². The molecule has 0 spiro atoms. The van der Waals surface area contributed by atoms with Crippen molar-refractivity contribution in [3.05, 3.63) is 24.3 Å². The molecule has 65 valence electrons. The summed E-state index contributed by atoms with van der Waals surface area (Å²) in [6.07, 6.45) is 0. The smallest absolute Gasteiger partial charge is 0.0806 e. The maximum Gasteiger partial charge on any atom is 0.0806 e. The summed E-state index contributed by atoms with van der Waals surface area (Å²) in [7, 11) is -0.285. The average molecular weight is 195 g/mol. The molecule has 1 aromatic rings. The fraction of sp³-hybridized carbons (Fsp3) is 0.400. The van der Waals surface area contributed by atoms with E-state index >= 15 is 0 Å². The fourth-order valence-corrected chi connectivity index (χ4v) is 3.70. The van der Waals surface area contributed by atoms with Crippen LogP contribution in [0, 0.1) is 0 Å². The Labute approximate surface area is 81.0 Å². The lowest BCUT2D eigenvalue weighted by molar-refractivity contribution is 1.46. The Bertz CT molecular complexity index is 245. The van der Waals surface area contributed by atoms with Crippen molar-refractivity contribution in [1.82, 2.24) is 0 Å². The lowest BCUT2D eigenvalue weighted by Gasteiger charge is -2.09. The molecule has 0 N–H and O–H groups in total. The fourth-order valence-electron chi connectivity index (χ4n) is 1.16. The highest BCUT2D eigenvalue weighted by molar-refractivity contribution is 7.99. The van der Waals surface area contributed by atoms with E-state index in [1.807, 2.05) is 11.8 Å². The minimum Gasteiger partial charge on any atom is -0.127 e. The van der Waals surface area contributed by atoms with Crippen LogP contribution in [0.4, 0.5) is 0 Å². The average Bonchev–Trinajstić information content (AvgIpc) is 2.05. The van der Waals surface area contributed by atoms with E-state index in [0.717, 1.165) is 0 Å². The van der Waals surface area contributed by atoms with Crippen molar-refractivity contribution in [3.63, 3.8) is 0 Å². The molecule has 1 rings (SSSR count). The number of benzene rings is 1. The van der Waals surface area contributed by atoms with E-state index in [9.17, 15) is 0 Å². The Balaban J connectivity index is 2.92. The second-order valence-electron chi connectivity index (χ2n) is 2.93. The zero-order valence-electron chi connectivity index (χ0n) is 7.92. The zero-order chi connectivity index (χ0) is 8.97. The van der Waals surface area contributed by atoms with Gasteiger partial charge in [0.2, 0.25) is 0 Å². The van der Waals surface area contributed by atoms with Crippen LogP contribution in [0.2, 0.25) is 13.1 Å². The Morgan fingerprint density at radius 1 is 1.25 bits per heavy atom. The molecule has 2 heteroatoms. The molecule has 0 aliphatic heterocycles. The van der Waals surface area contributed by atoms with Crippen LogP contribution < -0.4 is 5.19 Å². The monoisotopic (exact) mass is 195 g/mol. The Kier molecular flexibility index (Phi) is 3.89. The lowest BCUT2D eigenvalue weighted by atomic mass is 10.4. The molecule has 0 nitrogen and oxygen atoms in total. The van der Waals surface area contributed by atoms with Crippen molar-refractivity contribution in [2.45, 2.75) is 24.9 Å². The molecule has 0 heterocycles. The van der Waals surface area contributed by atoms with Crippen molar-refractivity contribution in [3.8, 4) is 0 Å². The molecule has 1 aromatic carbocycles. The minimum atomic E-state index is -0.285. The molecule has 0 saturated carbocycles. The van der Waals surface area contributed by atoms with E-state index in [-0.39, 0.29) is 8.80 Å². The van der Waals surface area contributed by atoms with Gasteiger partial charge in [0, 0.05) is 4.90 Å². The van der Waals surface area contributed by atoms with Crippen molar-refractivity contribution < 1.29 is 0 Å². The molecular formula is C10H15SSi. The summed E-state index contributed by atoms with van der Waals surface area (Å²) < 4.78 is 0. The highest BCUT2D eigenvalue weighted by atomic mass is 32.2. The number of hydrogen-bond donors (Lipinski definition) is 0. The van der Waals surface area contributed by atoms with Crippen LogP contribution in [-0.2, 0) is 0 Å². The first-order valence-corrected chi connectivity index (χ1v) is 7.76. The summed E-state index contributed by atoms with van der Waals surface area (Å²) >= 11 is 1.96. The summed E-state index contributed by atoms with van der Waals surface area (Å²) in [5.41, 5.74) is 0. The van der Waals surface area contributed by atoms with Gasteiger partial charge in [-0.25, -0.2) is 0 Å². The number of hydrogen-bond acceptors (Lipinski definition) is 1. The van der Waals surface area contributed by atoms with Gasteiger partial charge in [0.1, 0.15) is 0 Å². The SMILES string of the molecule is CCSc1ccccc1[Si](C)C. The molecule has 0 saturated heterocycles. The molecule has 0 unspecified atom stereocenters. The third-order valence-corrected chi connectivity index (χ3v) is 4.38. The number of thioether (sulfide) groups is 1. The second-order valence-corrected chi connectivity index (χ2v) is 6.77. The van der Waals surface area contributed by atoms with Gasteiger partial charge < -0.3 is 0 Å². The predicted octanol–water partition coefficient (Wildman–Crippen LogP) is 2.76. The van der Waals surface area contributed by atoms with E-state index in [4.69, 9.17) is 0 Å². The third kappa shape index (κ3) is 2.39. The topological polar surface area (TPSA) is 0 Å². The molecule has 0 amide bonds. The van der Waals surface area contributed by atoms with Gasteiger partial charge in [-0.2, -0.15) is 0 Å². The first kappa shape index (κ1) is 9.87. The maximum atomic E-state index is 2.35. The summed E-state index contributed by atoms with van der Waals surface area (Å²) in [6, 6.07) is 8.78. The van der Waals surface area contributed by atoms with Crippen LogP contribution >= 0.6 is 11.8 Å². The van der Waals surface area contributed by atoms with Gasteiger partial charge in [0.05, 0.1) is 8.80 Å². The van der Waals surface area contributed by atoms with E-state index in [1.165, 1.54) is 10.6 Å². The van der Waals surface area contributed by atoms with Crippen LogP contribution in [0.15, 0.2) is 29.2 Å². The highest BCUT2D eigenvalue weighted by Crippen LogP contribution is 2.15. The predicted molar refractivity (Wildman–Crippen MR) is 60.0 cm³/mol. The Morgan fingerprint density at radius 3 is 2.50 bits per heavy atom. The van der Waals surface area contributed by atoms with Crippen molar-refractivity contribution in [2.24, 2.45) is 0 Å². The van der Waals surface area contributed by atoms with Crippen LogP contribution in [0.25, 0.3) is 0 Å². The third-order valence-electron chi connectivity index (χ3n) is 1.73. The second kappa shape index (κ2) is 4.73. The summed E-state index contributed by atoms with van der Waals surface area (Å²) in [4.78, 5) is 1.49. The van der Waals surface area contributed by atoms with Crippen LogP contribution in [0.5, 0.6) is 0 Å². The summed E-state index contributed by atoms with van der Waals surface area (Å²) in [5.74, 6) is 1.17. The molecule has 0 aliphatic carbocycles. The Morgan fingerprint density at radius 2 is 1.92 bits per heavy atom. The first-order chi connectivity index (χ1) is 5.75. The van der Waals surface area contributed by atoms with Gasteiger partial charge in [0.15, 0.2) is 0 Å². The molecular weight excluding hydrogens is 180 g/mol. The molecule has 0 bridgehead atoms. The van der Waals surface area contributed by atoms with Gasteiger partial charge in [-0.1, -0.05) is 38.2 Å². The van der Waals surface area contributed by atoms with E-state index in [1.54, 1.807) is 5.19 Å². The molecule has 0 aliphatic rings. The molecule has 0 atom stereocenters. The zero-order valence-corrected chi connectivity index (χ0v) is 9.74. The largest absolute Gasteiger partial charge is 0.127 e. The molecule has 0 fully saturated rings. The van der Waals surface area contributed by atoms with Crippen LogP contribution in [-0.4, -0.2) is 14.5 Å². The maximum absolute atomic E-state index is 2.35. The van der Waals surface area contributed by atoms with Gasteiger partial charge in [-0.3, -0.25) is 0 Å². The highest BCUT2D eigenvalue weighted by Gasteiger charge is 2.05. The quantitative estimate of drug-likeness (QED) is 0.528. The first-order valence-electron chi connectivity index (χ1n) is 4.28. The molecule has 1 radical (unpaired) electrons. The lowest BCUT2D eigenvalue weighted by Crippen LogP contribution is -2.24. The molecule has 12 heavy (non-hydrogen) atoms. The van der Waals surface area contributed by atoms with Gasteiger partial charge >= 0.3 is 0 Å². The standard InChI is InChI=1S/C10H15SSi/c1-4-11-9-7-5-6-8-10(9)12(2)3/h5-8H,4H2,1-3H3. The Hall–Kier alpha value is -0.213. The van der Waals surface area contributed by atoms with E-state index in [2.05, 4.69) is 44.3 Å². The summed E-state index contributed by atoms with van der Waals surface area (Å²) in [5, 5.41) is 1.58. The van der Waals surface area contributed by atoms with Crippen molar-refractivity contribution in [1.29, 1.82) is 0 Å². The van der Waals surface area contributed by atoms with E-state index < -0.39 is 0 Å². The van der Waals surface area contributed by atoms with Gasteiger partial charge in [-0.15, -0.1) is 11.8 Å². The van der Waals surface area contributed by atoms with Crippen LogP contribution in [0.3, 0.4) is 0 Å². The normalized spacial score (nSPS) is 10.7. The van der Waals surface area contributed by atoms with Gasteiger partial charge in [0.25, 0.3) is 0 Å². The van der Waals surface area contributed by atoms with Crippen LogP contribution in [0.1, 0.15) is 6.92 Å². The minimum absolute atomic E-state index is 0.285. The molecule has 0 aromatic heterocycles. The van der Waals surface area contributed by atoms with Crippen molar-refractivity contribution in [2.75, 3.05) is 5.75 Å². The number of rotatable bonds is 3. The van der Waals surface area contributed by atoms with Gasteiger partial charge in [-0.05, 0) is 17.0 Å². The van der Waals surface area contributed by atoms with E-state index in [0.29, 0.717) is 0 Å².